The zero-order valence-electron chi connectivity index (χ0n) is 8.21. The number of esters is 2. The Labute approximate surface area is 85.8 Å². The summed E-state index contributed by atoms with van der Waals surface area (Å²) in [4.78, 5) is 22.0. The summed E-state index contributed by atoms with van der Waals surface area (Å²) in [5.41, 5.74) is 0. The minimum atomic E-state index is -0.292. The minimum absolute atomic E-state index is 0. The number of cyclic esters (lactones) is 2. The van der Waals surface area contributed by atoms with Crippen LogP contribution in [0.2, 0.25) is 0 Å². The van der Waals surface area contributed by atoms with Gasteiger partial charge in [-0.15, -0.1) is 0 Å². The predicted octanol–water partition coefficient (Wildman–Crippen LogP) is 2.54. The molecule has 2 rings (SSSR count). The molecule has 0 amide bonds. The van der Waals surface area contributed by atoms with Crippen molar-refractivity contribution in [3.63, 3.8) is 0 Å². The summed E-state index contributed by atoms with van der Waals surface area (Å²) in [7, 11) is 0. The van der Waals surface area contributed by atoms with E-state index in [1.54, 1.807) is 0 Å². The standard InChI is InChI=1S/C8H10O3.C2H6.CH4/c9-7-5-3-1-2-4-6(5)8(10)11-7;1-2;/h5-6H,1-4H2;1-2H3;1H4. The Morgan fingerprint density at radius 2 is 1.36 bits per heavy atom. The van der Waals surface area contributed by atoms with Gasteiger partial charge in [0, 0.05) is 0 Å². The van der Waals surface area contributed by atoms with Crippen LogP contribution in [0.3, 0.4) is 0 Å². The molecule has 1 saturated heterocycles. The maximum absolute atomic E-state index is 11.0. The van der Waals surface area contributed by atoms with Crippen LogP contribution in [-0.2, 0) is 14.3 Å². The zero-order valence-corrected chi connectivity index (χ0v) is 8.21. The summed E-state index contributed by atoms with van der Waals surface area (Å²) in [6, 6.07) is 0. The van der Waals surface area contributed by atoms with E-state index in [1.807, 2.05) is 13.8 Å². The van der Waals surface area contributed by atoms with E-state index in [0.717, 1.165) is 25.7 Å². The van der Waals surface area contributed by atoms with Crippen molar-refractivity contribution in [1.82, 2.24) is 0 Å². The van der Waals surface area contributed by atoms with Gasteiger partial charge in [0.05, 0.1) is 11.8 Å². The fraction of sp³-hybridized carbons (Fsp3) is 0.818. The third kappa shape index (κ3) is 2.34. The molecule has 0 aromatic carbocycles. The summed E-state index contributed by atoms with van der Waals surface area (Å²) < 4.78 is 4.53. The van der Waals surface area contributed by atoms with Crippen molar-refractivity contribution in [2.24, 2.45) is 11.8 Å². The van der Waals surface area contributed by atoms with Crippen LogP contribution < -0.4 is 0 Å². The van der Waals surface area contributed by atoms with Crippen molar-refractivity contribution in [3.05, 3.63) is 0 Å². The molecule has 3 nitrogen and oxygen atoms in total. The molecule has 0 radical (unpaired) electrons. The second-order valence-corrected chi connectivity index (χ2v) is 3.24. The molecule has 0 aromatic heterocycles. The molecule has 0 spiro atoms. The molecule has 2 unspecified atom stereocenters. The first-order valence-electron chi connectivity index (χ1n) is 5.04. The smallest absolute Gasteiger partial charge is 0.317 e. The second kappa shape index (κ2) is 5.78. The molecule has 1 saturated carbocycles. The van der Waals surface area contributed by atoms with Gasteiger partial charge in [-0.1, -0.05) is 34.1 Å². The van der Waals surface area contributed by atoms with Gasteiger partial charge in [0.15, 0.2) is 0 Å². The molecule has 14 heavy (non-hydrogen) atoms. The molecule has 1 heterocycles. The molecule has 0 aromatic rings. The number of rotatable bonds is 0. The number of hydrogen-bond acceptors (Lipinski definition) is 3. The van der Waals surface area contributed by atoms with Gasteiger partial charge in [-0.25, -0.2) is 0 Å². The van der Waals surface area contributed by atoms with Crippen molar-refractivity contribution in [2.45, 2.75) is 47.0 Å². The first-order chi connectivity index (χ1) is 6.29. The van der Waals surface area contributed by atoms with Gasteiger partial charge in [-0.05, 0) is 12.8 Å². The van der Waals surface area contributed by atoms with Crippen molar-refractivity contribution in [3.8, 4) is 0 Å². The van der Waals surface area contributed by atoms with Crippen LogP contribution in [0.5, 0.6) is 0 Å². The van der Waals surface area contributed by atoms with Crippen molar-refractivity contribution >= 4 is 11.9 Å². The maximum Gasteiger partial charge on any atom is 0.317 e. The lowest BCUT2D eigenvalue weighted by molar-refractivity contribution is -0.153. The number of fused-ring (bicyclic) bond motifs is 1. The lowest BCUT2D eigenvalue weighted by Gasteiger charge is -2.18. The number of carbonyl (C=O) groups is 2. The Hall–Kier alpha value is -0.860. The molecule has 0 bridgehead atoms. The third-order valence-corrected chi connectivity index (χ3v) is 2.57. The van der Waals surface area contributed by atoms with E-state index in [0.29, 0.717) is 0 Å². The zero-order chi connectivity index (χ0) is 9.84. The van der Waals surface area contributed by atoms with E-state index < -0.39 is 0 Å². The lowest BCUT2D eigenvalue weighted by atomic mass is 9.81. The van der Waals surface area contributed by atoms with Gasteiger partial charge >= 0.3 is 11.9 Å². The van der Waals surface area contributed by atoms with Gasteiger partial charge < -0.3 is 4.74 Å². The van der Waals surface area contributed by atoms with Gasteiger partial charge in [-0.3, -0.25) is 9.59 Å². The summed E-state index contributed by atoms with van der Waals surface area (Å²) in [6.07, 6.45) is 3.80. The SMILES string of the molecule is C.CC.O=C1OC(=O)C2CCCCC12. The monoisotopic (exact) mass is 200 g/mol. The van der Waals surface area contributed by atoms with Crippen LogP contribution in [0.15, 0.2) is 0 Å². The molecule has 3 heteroatoms. The molecule has 82 valence electrons. The highest BCUT2D eigenvalue weighted by Crippen LogP contribution is 2.36. The van der Waals surface area contributed by atoms with E-state index in [-0.39, 0.29) is 31.2 Å². The van der Waals surface area contributed by atoms with Crippen LogP contribution in [0, 0.1) is 11.8 Å². The number of ether oxygens (including phenoxy) is 1. The van der Waals surface area contributed by atoms with E-state index in [4.69, 9.17) is 0 Å². The average Bonchev–Trinajstić information content (AvgIpc) is 2.47. The normalized spacial score (nSPS) is 29.3. The molecular formula is C11H20O3. The van der Waals surface area contributed by atoms with Gasteiger partial charge in [0.25, 0.3) is 0 Å². The highest BCUT2D eigenvalue weighted by Gasteiger charge is 2.44. The maximum atomic E-state index is 11.0. The Kier molecular flexibility index (Phi) is 5.43. The highest BCUT2D eigenvalue weighted by atomic mass is 16.6. The first kappa shape index (κ1) is 13.1. The second-order valence-electron chi connectivity index (χ2n) is 3.24. The minimum Gasteiger partial charge on any atom is -0.393 e. The van der Waals surface area contributed by atoms with Gasteiger partial charge in [0.1, 0.15) is 0 Å². The summed E-state index contributed by atoms with van der Waals surface area (Å²) >= 11 is 0. The number of hydrogen-bond donors (Lipinski definition) is 0. The van der Waals surface area contributed by atoms with Crippen LogP contribution >= 0.6 is 0 Å². The third-order valence-electron chi connectivity index (χ3n) is 2.57. The van der Waals surface area contributed by atoms with Gasteiger partial charge in [0.2, 0.25) is 0 Å². The average molecular weight is 200 g/mol. The van der Waals surface area contributed by atoms with E-state index in [2.05, 4.69) is 4.74 Å². The van der Waals surface area contributed by atoms with Crippen LogP contribution in [0.25, 0.3) is 0 Å². The van der Waals surface area contributed by atoms with Gasteiger partial charge in [-0.2, -0.15) is 0 Å². The van der Waals surface area contributed by atoms with Crippen LogP contribution in [0.4, 0.5) is 0 Å². The number of carbonyl (C=O) groups excluding carboxylic acids is 2. The molecule has 2 atom stereocenters. The highest BCUT2D eigenvalue weighted by molar-refractivity contribution is 5.96. The molecule has 1 aliphatic heterocycles. The Bertz CT molecular complexity index is 189. The largest absolute Gasteiger partial charge is 0.393 e. The molecular weight excluding hydrogens is 180 g/mol. The summed E-state index contributed by atoms with van der Waals surface area (Å²) in [5.74, 6) is -0.785. The van der Waals surface area contributed by atoms with E-state index in [9.17, 15) is 9.59 Å². The quantitative estimate of drug-likeness (QED) is 0.446. The fourth-order valence-electron chi connectivity index (χ4n) is 1.95. The Morgan fingerprint density at radius 1 is 1.00 bits per heavy atom. The Morgan fingerprint density at radius 3 is 1.71 bits per heavy atom. The summed E-state index contributed by atoms with van der Waals surface area (Å²) in [6.45, 7) is 4.00. The molecule has 0 N–H and O–H groups in total. The van der Waals surface area contributed by atoms with Crippen LogP contribution in [-0.4, -0.2) is 11.9 Å². The fourth-order valence-corrected chi connectivity index (χ4v) is 1.95. The molecule has 1 aliphatic carbocycles. The lowest BCUT2D eigenvalue weighted by Crippen LogP contribution is -2.21. The van der Waals surface area contributed by atoms with E-state index >= 15 is 0 Å². The summed E-state index contributed by atoms with van der Waals surface area (Å²) in [5, 5.41) is 0. The topological polar surface area (TPSA) is 43.4 Å². The van der Waals surface area contributed by atoms with Crippen molar-refractivity contribution in [1.29, 1.82) is 0 Å². The first-order valence-corrected chi connectivity index (χ1v) is 5.04. The molecule has 2 aliphatic rings. The van der Waals surface area contributed by atoms with Crippen molar-refractivity contribution < 1.29 is 14.3 Å². The van der Waals surface area contributed by atoms with Crippen LogP contribution in [0.1, 0.15) is 47.0 Å². The molecule has 2 fully saturated rings. The van der Waals surface area contributed by atoms with E-state index in [1.165, 1.54) is 0 Å². The Balaban J connectivity index is 0.000000531. The predicted molar refractivity (Wildman–Crippen MR) is 54.6 cm³/mol. The van der Waals surface area contributed by atoms with Crippen molar-refractivity contribution in [2.75, 3.05) is 0 Å².